The number of nitrogens with zero attached hydrogens (tertiary/aromatic N) is 1. The molecule has 5 rings (SSSR count). The molecule has 0 radical (unpaired) electrons. The van der Waals surface area contributed by atoms with E-state index in [0.29, 0.717) is 0 Å². The summed E-state index contributed by atoms with van der Waals surface area (Å²) < 4.78 is 7.50. The Balaban J connectivity index is 0.00000192. The van der Waals surface area contributed by atoms with Gasteiger partial charge in [-0.15, -0.1) is 0 Å². The van der Waals surface area contributed by atoms with Crippen LogP contribution in [0.1, 0.15) is 24.4 Å². The first-order valence-electron chi connectivity index (χ1n) is 9.23. The molecule has 1 atom stereocenters. The standard InChI is InChI=1S/C24H20NOS.HI/c1-3-27-22-13-12-17-8-4-5-10-20(17)24(22)25-23(27)15-18-14-16(2)19-9-6-7-11-21(19)26-18;/h4-15H,3H2,1-2H3;1H/q+1;/p-1. The molecule has 1 unspecified atom stereocenters. The van der Waals surface area contributed by atoms with Gasteiger partial charge in [0.15, 0.2) is 0 Å². The number of rotatable bonds is 2. The average molecular weight is 497 g/mol. The summed E-state index contributed by atoms with van der Waals surface area (Å²) in [6.45, 7) is 4.37. The Hall–Kier alpha value is -2.18. The molecule has 2 nitrogen and oxygen atoms in total. The predicted molar refractivity (Wildman–Crippen MR) is 116 cm³/mol. The summed E-state index contributed by atoms with van der Waals surface area (Å²) in [6.07, 6.45) is 4.24. The van der Waals surface area contributed by atoms with Gasteiger partial charge in [-0.3, -0.25) is 0 Å². The molecule has 0 fully saturated rings. The van der Waals surface area contributed by atoms with Crippen LogP contribution in [0.5, 0.6) is 5.75 Å². The molecule has 0 aliphatic carbocycles. The lowest BCUT2D eigenvalue weighted by Crippen LogP contribution is -3.00. The first-order chi connectivity index (χ1) is 13.2. The molecule has 0 N–H and O–H groups in total. The predicted octanol–water partition coefficient (Wildman–Crippen LogP) is 4.00. The highest BCUT2D eigenvalue weighted by Crippen LogP contribution is 2.40. The molecule has 0 spiro atoms. The number of hydrogen-bond acceptors (Lipinski definition) is 2. The number of halogens is 1. The molecule has 1 aliphatic rings. The quantitative estimate of drug-likeness (QED) is 0.309. The van der Waals surface area contributed by atoms with Gasteiger partial charge in [0.25, 0.3) is 5.01 Å². The van der Waals surface area contributed by atoms with Gasteiger partial charge < -0.3 is 28.7 Å². The van der Waals surface area contributed by atoms with Crippen LogP contribution in [-0.4, -0.2) is 4.98 Å². The maximum atomic E-state index is 6.15. The second kappa shape index (κ2) is 7.68. The van der Waals surface area contributed by atoms with Crippen molar-refractivity contribution in [2.45, 2.75) is 19.6 Å². The third-order valence-corrected chi connectivity index (χ3v) is 7.21. The fraction of sp³-hybridized carbons (Fsp3) is 0.125. The summed E-state index contributed by atoms with van der Waals surface area (Å²) in [7, 11) is -0.00939. The highest BCUT2D eigenvalue weighted by Gasteiger charge is 2.23. The van der Waals surface area contributed by atoms with Crippen LogP contribution in [0.4, 0.5) is 0 Å². The van der Waals surface area contributed by atoms with Gasteiger partial charge in [-0.05, 0) is 43.0 Å². The first-order valence-corrected chi connectivity index (χ1v) is 10.6. The van der Waals surface area contributed by atoms with Gasteiger partial charge in [-0.2, -0.15) is 4.98 Å². The third kappa shape index (κ3) is 3.14. The number of aromatic nitrogens is 1. The van der Waals surface area contributed by atoms with Crippen molar-refractivity contribution in [2.75, 3.05) is 0 Å². The summed E-state index contributed by atoms with van der Waals surface area (Å²) in [4.78, 5) is 5.05. The Bertz CT molecular complexity index is 1250. The van der Waals surface area contributed by atoms with Crippen molar-refractivity contribution in [3.05, 3.63) is 83.1 Å². The molecule has 0 bridgehead atoms. The fourth-order valence-electron chi connectivity index (χ4n) is 3.76. The van der Waals surface area contributed by atoms with E-state index in [-0.39, 0.29) is 34.4 Å². The molecular formula is C24H20INOS. The summed E-state index contributed by atoms with van der Waals surface area (Å²) >= 11 is 0. The van der Waals surface area contributed by atoms with Crippen LogP contribution in [0.3, 0.4) is 0 Å². The number of para-hydroxylation sites is 1. The maximum Gasteiger partial charge on any atom is 0.271 e. The molecule has 0 saturated heterocycles. The number of aryl methyl sites for hydroxylation is 1. The van der Waals surface area contributed by atoms with E-state index in [0.717, 1.165) is 33.3 Å². The SMILES string of the molecule is CC[s+]1c(C=C2C=C(C)c3ccccc3O2)nc2c3ccccc3ccc21.[I-]. The number of hydrogen-bond donors (Lipinski definition) is 0. The minimum absolute atomic E-state index is 0. The minimum Gasteiger partial charge on any atom is -1.00 e. The largest absolute Gasteiger partial charge is 1.00 e. The Morgan fingerprint density at radius 1 is 1.00 bits per heavy atom. The molecule has 4 heteroatoms. The van der Waals surface area contributed by atoms with E-state index in [2.05, 4.69) is 68.5 Å². The van der Waals surface area contributed by atoms with Crippen molar-refractivity contribution < 1.29 is 28.7 Å². The summed E-state index contributed by atoms with van der Waals surface area (Å²) in [5, 5.41) is 3.59. The average Bonchev–Trinajstić information content (AvgIpc) is 3.05. The zero-order valence-electron chi connectivity index (χ0n) is 15.8. The number of benzene rings is 3. The van der Waals surface area contributed by atoms with Crippen molar-refractivity contribution in [1.82, 2.24) is 4.98 Å². The minimum atomic E-state index is -0.00939. The van der Waals surface area contributed by atoms with Crippen LogP contribution in [0.2, 0.25) is 0 Å². The normalized spacial score (nSPS) is 15.1. The Morgan fingerprint density at radius 2 is 1.79 bits per heavy atom. The molecule has 28 heavy (non-hydrogen) atoms. The van der Waals surface area contributed by atoms with Gasteiger partial charge in [-0.25, -0.2) is 0 Å². The van der Waals surface area contributed by atoms with Crippen LogP contribution < -0.4 is 28.7 Å². The smallest absolute Gasteiger partial charge is 0.271 e. The zero-order valence-corrected chi connectivity index (χ0v) is 18.8. The summed E-state index contributed by atoms with van der Waals surface area (Å²) in [5.74, 6) is 2.84. The lowest BCUT2D eigenvalue weighted by Gasteiger charge is -2.17. The number of thiazole rings is 1. The highest BCUT2D eigenvalue weighted by atomic mass is 127. The second-order valence-electron chi connectivity index (χ2n) is 6.74. The molecule has 0 amide bonds. The van der Waals surface area contributed by atoms with Crippen LogP contribution in [-0.2, 0) is 5.75 Å². The van der Waals surface area contributed by atoms with E-state index in [1.165, 1.54) is 21.0 Å². The molecular weight excluding hydrogens is 477 g/mol. The number of fused-ring (bicyclic) bond motifs is 4. The van der Waals surface area contributed by atoms with Crippen LogP contribution in [0.25, 0.3) is 32.6 Å². The van der Waals surface area contributed by atoms with Gasteiger partial charge in [-0.1, -0.05) is 42.5 Å². The third-order valence-electron chi connectivity index (χ3n) is 5.06. The van der Waals surface area contributed by atoms with Crippen molar-refractivity contribution >= 4 is 43.1 Å². The summed E-state index contributed by atoms with van der Waals surface area (Å²) in [5.41, 5.74) is 3.51. The lowest BCUT2D eigenvalue weighted by molar-refractivity contribution is -0.00000577. The Morgan fingerprint density at radius 3 is 2.64 bits per heavy atom. The topological polar surface area (TPSA) is 22.1 Å². The van der Waals surface area contributed by atoms with Gasteiger partial charge >= 0.3 is 0 Å². The van der Waals surface area contributed by atoms with E-state index in [1.807, 2.05) is 18.2 Å². The lowest BCUT2D eigenvalue weighted by atomic mass is 10.0. The van der Waals surface area contributed by atoms with Crippen LogP contribution in [0, 0.1) is 0 Å². The number of allylic oxidation sites excluding steroid dienone is 2. The van der Waals surface area contributed by atoms with Gasteiger partial charge in [0.2, 0.25) is 4.70 Å². The molecule has 0 saturated carbocycles. The van der Waals surface area contributed by atoms with Gasteiger partial charge in [0.05, 0.1) is 6.08 Å². The molecule has 3 aromatic carbocycles. The molecule has 140 valence electrons. The van der Waals surface area contributed by atoms with Crippen LogP contribution in [0.15, 0.2) is 72.5 Å². The fourth-order valence-corrected chi connectivity index (χ4v) is 5.67. The van der Waals surface area contributed by atoms with E-state index < -0.39 is 0 Å². The van der Waals surface area contributed by atoms with Crippen LogP contribution >= 0.6 is 10.5 Å². The van der Waals surface area contributed by atoms with Crippen molar-refractivity contribution in [1.29, 1.82) is 0 Å². The molecule has 2 heterocycles. The van der Waals surface area contributed by atoms with E-state index >= 15 is 0 Å². The molecule has 4 aromatic rings. The van der Waals surface area contributed by atoms with E-state index in [1.54, 1.807) is 0 Å². The van der Waals surface area contributed by atoms with Crippen molar-refractivity contribution in [3.63, 3.8) is 0 Å². The van der Waals surface area contributed by atoms with Crippen molar-refractivity contribution in [2.24, 2.45) is 0 Å². The molecule has 1 aliphatic heterocycles. The van der Waals surface area contributed by atoms with Crippen molar-refractivity contribution in [3.8, 4) is 5.75 Å². The Labute approximate surface area is 184 Å². The van der Waals surface area contributed by atoms with E-state index in [4.69, 9.17) is 9.72 Å². The summed E-state index contributed by atoms with van der Waals surface area (Å²) in [6, 6.07) is 21.1. The highest BCUT2D eigenvalue weighted by molar-refractivity contribution is 7.37. The monoisotopic (exact) mass is 497 g/mol. The first kappa shape index (κ1) is 19.2. The van der Waals surface area contributed by atoms with E-state index in [9.17, 15) is 0 Å². The maximum absolute atomic E-state index is 6.15. The molecule has 1 aromatic heterocycles. The number of ether oxygens (including phenoxy) is 1. The van der Waals surface area contributed by atoms with Gasteiger partial charge in [0, 0.05) is 27.5 Å². The zero-order chi connectivity index (χ0) is 18.4. The van der Waals surface area contributed by atoms with Gasteiger partial charge in [0.1, 0.15) is 22.8 Å². The second-order valence-corrected chi connectivity index (χ2v) is 8.95. The Kier molecular flexibility index (Phi) is 5.25.